The maximum atomic E-state index is 2.53. The molecule has 1 aliphatic rings. The van der Waals surface area contributed by atoms with Crippen molar-refractivity contribution >= 4 is 0 Å². The fraction of sp³-hybridized carbons (Fsp3) is 1.00. The third kappa shape index (κ3) is 2.19. The fourth-order valence-corrected chi connectivity index (χ4v) is 2.29. The molecule has 0 aromatic rings. The highest BCUT2D eigenvalue weighted by atomic mass is 15.1. The van der Waals surface area contributed by atoms with Crippen LogP contribution in [0.5, 0.6) is 0 Å². The number of likely N-dealkylation sites (tertiary alicyclic amines) is 1. The molecule has 66 valence electrons. The molecule has 0 aromatic carbocycles. The normalized spacial score (nSPS) is 33.0. The molecule has 0 aromatic heterocycles. The lowest BCUT2D eigenvalue weighted by Crippen LogP contribution is -2.23. The van der Waals surface area contributed by atoms with E-state index in [1.165, 1.54) is 32.2 Å². The topological polar surface area (TPSA) is 3.24 Å². The zero-order chi connectivity index (χ0) is 8.27. The van der Waals surface area contributed by atoms with Gasteiger partial charge in [-0.15, -0.1) is 0 Å². The van der Waals surface area contributed by atoms with E-state index in [9.17, 15) is 0 Å². The van der Waals surface area contributed by atoms with Gasteiger partial charge in [0.15, 0.2) is 0 Å². The van der Waals surface area contributed by atoms with E-state index in [0.29, 0.717) is 0 Å². The van der Waals surface area contributed by atoms with E-state index in [0.717, 1.165) is 12.0 Å². The SMILES string of the molecule is CCC[C@H]1C[C@@H](CC)N(C)C1. The minimum atomic E-state index is 0.881. The van der Waals surface area contributed by atoms with Crippen LogP contribution >= 0.6 is 0 Å². The van der Waals surface area contributed by atoms with Crippen molar-refractivity contribution < 1.29 is 0 Å². The van der Waals surface area contributed by atoms with Crippen molar-refractivity contribution in [1.29, 1.82) is 0 Å². The second-order valence-electron chi connectivity index (χ2n) is 3.89. The molecular weight excluding hydrogens is 134 g/mol. The van der Waals surface area contributed by atoms with Gasteiger partial charge in [-0.3, -0.25) is 0 Å². The Labute approximate surface area is 70.8 Å². The minimum Gasteiger partial charge on any atom is -0.303 e. The molecular formula is C10H21N. The van der Waals surface area contributed by atoms with Crippen LogP contribution in [-0.4, -0.2) is 24.5 Å². The van der Waals surface area contributed by atoms with Crippen molar-refractivity contribution in [3.05, 3.63) is 0 Å². The zero-order valence-electron chi connectivity index (χ0n) is 8.14. The predicted octanol–water partition coefficient (Wildman–Crippen LogP) is 2.52. The highest BCUT2D eigenvalue weighted by Crippen LogP contribution is 2.26. The average molecular weight is 155 g/mol. The summed E-state index contributed by atoms with van der Waals surface area (Å²) in [5, 5.41) is 0. The van der Waals surface area contributed by atoms with Crippen LogP contribution in [0.2, 0.25) is 0 Å². The summed E-state index contributed by atoms with van der Waals surface area (Å²) in [5.74, 6) is 0.995. The predicted molar refractivity (Wildman–Crippen MR) is 49.7 cm³/mol. The van der Waals surface area contributed by atoms with Crippen LogP contribution in [0.15, 0.2) is 0 Å². The average Bonchev–Trinajstić information content (AvgIpc) is 2.32. The number of nitrogens with zero attached hydrogens (tertiary/aromatic N) is 1. The Kier molecular flexibility index (Phi) is 3.38. The summed E-state index contributed by atoms with van der Waals surface area (Å²) >= 11 is 0. The van der Waals surface area contributed by atoms with Crippen LogP contribution in [0.1, 0.15) is 39.5 Å². The Morgan fingerprint density at radius 1 is 1.36 bits per heavy atom. The molecule has 0 radical (unpaired) electrons. The summed E-state index contributed by atoms with van der Waals surface area (Å²) in [6.07, 6.45) is 5.56. The molecule has 1 saturated heterocycles. The van der Waals surface area contributed by atoms with Gasteiger partial charge < -0.3 is 4.90 Å². The molecule has 1 heteroatoms. The maximum Gasteiger partial charge on any atom is 0.00928 e. The highest BCUT2D eigenvalue weighted by Gasteiger charge is 2.26. The zero-order valence-corrected chi connectivity index (χ0v) is 8.14. The highest BCUT2D eigenvalue weighted by molar-refractivity contribution is 4.81. The molecule has 0 bridgehead atoms. The van der Waals surface area contributed by atoms with E-state index >= 15 is 0 Å². The second-order valence-corrected chi connectivity index (χ2v) is 3.89. The van der Waals surface area contributed by atoms with Crippen LogP contribution in [0, 0.1) is 5.92 Å². The Balaban J connectivity index is 2.30. The summed E-state index contributed by atoms with van der Waals surface area (Å²) in [5.41, 5.74) is 0. The first kappa shape index (κ1) is 9.05. The monoisotopic (exact) mass is 155 g/mol. The van der Waals surface area contributed by atoms with Crippen molar-refractivity contribution in [3.63, 3.8) is 0 Å². The Morgan fingerprint density at radius 3 is 2.55 bits per heavy atom. The van der Waals surface area contributed by atoms with Gasteiger partial charge in [0, 0.05) is 12.6 Å². The molecule has 11 heavy (non-hydrogen) atoms. The first-order valence-electron chi connectivity index (χ1n) is 4.98. The summed E-state index contributed by atoms with van der Waals surface area (Å²) < 4.78 is 0. The van der Waals surface area contributed by atoms with E-state index in [-0.39, 0.29) is 0 Å². The van der Waals surface area contributed by atoms with Gasteiger partial charge in [-0.2, -0.15) is 0 Å². The number of rotatable bonds is 3. The molecule has 1 aliphatic heterocycles. The summed E-state index contributed by atoms with van der Waals surface area (Å²) in [4.78, 5) is 2.53. The largest absolute Gasteiger partial charge is 0.303 e. The van der Waals surface area contributed by atoms with Gasteiger partial charge >= 0.3 is 0 Å². The van der Waals surface area contributed by atoms with E-state index in [2.05, 4.69) is 25.8 Å². The van der Waals surface area contributed by atoms with E-state index in [1.807, 2.05) is 0 Å². The Morgan fingerprint density at radius 2 is 2.09 bits per heavy atom. The molecule has 1 fully saturated rings. The maximum absolute atomic E-state index is 2.53. The minimum absolute atomic E-state index is 0.881. The standard InChI is InChI=1S/C10H21N/c1-4-6-9-7-10(5-2)11(3)8-9/h9-10H,4-8H2,1-3H3/t9-,10+/m0/s1. The summed E-state index contributed by atoms with van der Waals surface area (Å²) in [6.45, 7) is 5.93. The molecule has 1 rings (SSSR count). The summed E-state index contributed by atoms with van der Waals surface area (Å²) in [7, 11) is 2.27. The fourth-order valence-electron chi connectivity index (χ4n) is 2.29. The molecule has 0 saturated carbocycles. The molecule has 0 amide bonds. The number of hydrogen-bond donors (Lipinski definition) is 0. The van der Waals surface area contributed by atoms with Gasteiger partial charge in [-0.25, -0.2) is 0 Å². The Bertz CT molecular complexity index is 111. The molecule has 1 nitrogen and oxygen atoms in total. The van der Waals surface area contributed by atoms with Crippen LogP contribution in [-0.2, 0) is 0 Å². The van der Waals surface area contributed by atoms with Crippen LogP contribution in [0.25, 0.3) is 0 Å². The van der Waals surface area contributed by atoms with E-state index in [4.69, 9.17) is 0 Å². The van der Waals surface area contributed by atoms with Crippen LogP contribution in [0.3, 0.4) is 0 Å². The molecule has 0 spiro atoms. The van der Waals surface area contributed by atoms with Crippen molar-refractivity contribution in [2.75, 3.05) is 13.6 Å². The van der Waals surface area contributed by atoms with Crippen LogP contribution in [0.4, 0.5) is 0 Å². The van der Waals surface area contributed by atoms with Gasteiger partial charge in [-0.1, -0.05) is 20.3 Å². The third-order valence-corrected chi connectivity index (χ3v) is 2.94. The quantitative estimate of drug-likeness (QED) is 0.605. The molecule has 2 atom stereocenters. The van der Waals surface area contributed by atoms with Crippen molar-refractivity contribution in [2.24, 2.45) is 5.92 Å². The summed E-state index contributed by atoms with van der Waals surface area (Å²) in [6, 6.07) is 0.881. The van der Waals surface area contributed by atoms with Crippen molar-refractivity contribution in [2.45, 2.75) is 45.6 Å². The molecule has 0 unspecified atom stereocenters. The van der Waals surface area contributed by atoms with Crippen molar-refractivity contribution in [1.82, 2.24) is 4.90 Å². The van der Waals surface area contributed by atoms with Crippen molar-refractivity contribution in [3.8, 4) is 0 Å². The van der Waals surface area contributed by atoms with Gasteiger partial charge in [0.05, 0.1) is 0 Å². The lowest BCUT2D eigenvalue weighted by Gasteiger charge is -2.16. The van der Waals surface area contributed by atoms with Gasteiger partial charge in [-0.05, 0) is 32.2 Å². The van der Waals surface area contributed by atoms with Crippen LogP contribution < -0.4 is 0 Å². The smallest absolute Gasteiger partial charge is 0.00928 e. The third-order valence-electron chi connectivity index (χ3n) is 2.94. The Hall–Kier alpha value is -0.0400. The second kappa shape index (κ2) is 4.10. The van der Waals surface area contributed by atoms with Gasteiger partial charge in [0.25, 0.3) is 0 Å². The molecule has 0 aliphatic carbocycles. The first-order chi connectivity index (χ1) is 5.27. The lowest BCUT2D eigenvalue weighted by atomic mass is 10.00. The van der Waals surface area contributed by atoms with E-state index in [1.54, 1.807) is 0 Å². The lowest BCUT2D eigenvalue weighted by molar-refractivity contribution is 0.300. The number of hydrogen-bond acceptors (Lipinski definition) is 1. The molecule has 0 N–H and O–H groups in total. The first-order valence-corrected chi connectivity index (χ1v) is 4.98. The van der Waals surface area contributed by atoms with E-state index < -0.39 is 0 Å². The van der Waals surface area contributed by atoms with Gasteiger partial charge in [0.2, 0.25) is 0 Å². The molecule has 1 heterocycles. The van der Waals surface area contributed by atoms with Gasteiger partial charge in [0.1, 0.15) is 0 Å².